The second-order valence-electron chi connectivity index (χ2n) is 10.1. The van der Waals surface area contributed by atoms with Crippen molar-refractivity contribution in [2.24, 2.45) is 0 Å². The smallest absolute Gasteiger partial charge is 0.342 e. The number of piperidine rings is 1. The summed E-state index contributed by atoms with van der Waals surface area (Å²) in [6.07, 6.45) is 3.77. The average Bonchev–Trinajstić information content (AvgIpc) is 2.96. The number of hydrogen-bond donors (Lipinski definition) is 3. The molecule has 11 nitrogen and oxygen atoms in total. The molecule has 0 spiro atoms. The lowest BCUT2D eigenvalue weighted by Gasteiger charge is -2.35. The maximum absolute atomic E-state index is 13.9. The predicted octanol–water partition coefficient (Wildman–Crippen LogP) is 2.96. The third-order valence-electron chi connectivity index (χ3n) is 7.14. The first-order valence-electron chi connectivity index (χ1n) is 13.9. The van der Waals surface area contributed by atoms with E-state index in [1.165, 1.54) is 6.92 Å². The highest BCUT2D eigenvalue weighted by atomic mass is 16.5. The Morgan fingerprint density at radius 1 is 1.02 bits per heavy atom. The molecule has 1 aromatic heterocycles. The van der Waals surface area contributed by atoms with Crippen LogP contribution in [0.2, 0.25) is 0 Å². The van der Waals surface area contributed by atoms with Crippen LogP contribution in [0.5, 0.6) is 0 Å². The molecule has 3 aromatic rings. The molecule has 216 valence electrons. The fourth-order valence-electron chi connectivity index (χ4n) is 4.94. The molecule has 1 aliphatic heterocycles. The van der Waals surface area contributed by atoms with Crippen molar-refractivity contribution in [1.82, 2.24) is 25.5 Å². The highest BCUT2D eigenvalue weighted by Crippen LogP contribution is 2.30. The molecular formula is C30H35N5O6. The summed E-state index contributed by atoms with van der Waals surface area (Å²) in [5.41, 5.74) is -1.04. The highest BCUT2D eigenvalue weighted by Gasteiger charge is 2.54. The van der Waals surface area contributed by atoms with Gasteiger partial charge in [-0.25, -0.2) is 14.6 Å². The molecule has 1 fully saturated rings. The van der Waals surface area contributed by atoms with Crippen molar-refractivity contribution in [2.75, 3.05) is 6.54 Å². The van der Waals surface area contributed by atoms with Gasteiger partial charge in [0.2, 0.25) is 11.4 Å². The molecule has 0 bridgehead atoms. The van der Waals surface area contributed by atoms with E-state index in [0.717, 1.165) is 30.3 Å². The molecule has 0 radical (unpaired) electrons. The van der Waals surface area contributed by atoms with E-state index in [1.54, 1.807) is 42.5 Å². The summed E-state index contributed by atoms with van der Waals surface area (Å²) in [6.45, 7) is 4.26. The van der Waals surface area contributed by atoms with Gasteiger partial charge in [-0.05, 0) is 43.0 Å². The third kappa shape index (κ3) is 6.62. The summed E-state index contributed by atoms with van der Waals surface area (Å²) in [6, 6.07) is 13.6. The number of unbranched alkanes of at least 4 members (excludes halogenated alkanes) is 3. The zero-order valence-corrected chi connectivity index (χ0v) is 23.3. The number of carbonyl (C=O) groups is 4. The van der Waals surface area contributed by atoms with E-state index in [9.17, 15) is 24.0 Å². The summed E-state index contributed by atoms with van der Waals surface area (Å²) >= 11 is 0. The van der Waals surface area contributed by atoms with E-state index in [2.05, 4.69) is 27.9 Å². The number of aryl methyl sites for hydroxylation is 1. The summed E-state index contributed by atoms with van der Waals surface area (Å²) in [7, 11) is 0. The minimum absolute atomic E-state index is 0.117. The van der Waals surface area contributed by atoms with E-state index in [0.29, 0.717) is 23.2 Å². The summed E-state index contributed by atoms with van der Waals surface area (Å²) in [5.74, 6) is -2.31. The van der Waals surface area contributed by atoms with Gasteiger partial charge in [-0.1, -0.05) is 62.6 Å². The van der Waals surface area contributed by atoms with Crippen LogP contribution >= 0.6 is 0 Å². The molecule has 41 heavy (non-hydrogen) atoms. The van der Waals surface area contributed by atoms with Crippen LogP contribution in [0.4, 0.5) is 4.79 Å². The van der Waals surface area contributed by atoms with Gasteiger partial charge >= 0.3 is 12.0 Å². The number of ether oxygens (including phenoxy) is 1. The van der Waals surface area contributed by atoms with Gasteiger partial charge in [-0.2, -0.15) is 0 Å². The van der Waals surface area contributed by atoms with Gasteiger partial charge in [-0.3, -0.25) is 24.3 Å². The van der Waals surface area contributed by atoms with E-state index < -0.39 is 28.9 Å². The fourth-order valence-corrected chi connectivity index (χ4v) is 4.94. The monoisotopic (exact) mass is 561 g/mol. The first-order chi connectivity index (χ1) is 19.8. The van der Waals surface area contributed by atoms with Crippen LogP contribution in [0.15, 0.2) is 53.3 Å². The van der Waals surface area contributed by atoms with Crippen LogP contribution in [-0.2, 0) is 37.8 Å². The molecular weight excluding hydrogens is 526 g/mol. The van der Waals surface area contributed by atoms with Crippen LogP contribution in [0.25, 0.3) is 10.9 Å². The lowest BCUT2D eigenvalue weighted by molar-refractivity contribution is -0.164. The van der Waals surface area contributed by atoms with Gasteiger partial charge in [0.1, 0.15) is 12.4 Å². The van der Waals surface area contributed by atoms with Crippen molar-refractivity contribution in [2.45, 2.75) is 71.1 Å². The second kappa shape index (κ2) is 13.2. The number of carbonyl (C=O) groups excluding carboxylic acids is 4. The standard InChI is InChI=1S/C30H35N5O6/c1-3-4-5-9-16-31-29(40)32-18-22-12-13-24-23(17-22)26(37)35(20(2)33-24)30(15-14-25(36)34-27(30)38)28(39)41-19-21-10-7-6-8-11-21/h6-8,10-13,17H,3-5,9,14-16,18-19H2,1-2H3,(H2,31,32,40)(H,34,36,38)/t30-/m1/s1. The van der Waals surface area contributed by atoms with Crippen molar-refractivity contribution in [3.05, 3.63) is 75.8 Å². The number of nitrogens with one attached hydrogen (secondary N) is 3. The van der Waals surface area contributed by atoms with Crippen LogP contribution in [0.3, 0.4) is 0 Å². The topological polar surface area (TPSA) is 148 Å². The Balaban J connectivity index is 1.62. The normalized spacial score (nSPS) is 16.7. The Morgan fingerprint density at radius 2 is 1.80 bits per heavy atom. The number of fused-ring (bicyclic) bond motifs is 1. The molecule has 0 aliphatic carbocycles. The molecule has 1 atom stereocenters. The first kappa shape index (κ1) is 29.4. The minimum Gasteiger partial charge on any atom is -0.459 e. The zero-order chi connectivity index (χ0) is 29.4. The Bertz CT molecular complexity index is 1500. The Labute approximate surface area is 237 Å². The number of esters is 1. The molecule has 2 aromatic carbocycles. The molecule has 1 aliphatic rings. The lowest BCUT2D eigenvalue weighted by Crippen LogP contribution is -2.62. The van der Waals surface area contributed by atoms with Crippen molar-refractivity contribution in [1.29, 1.82) is 0 Å². The van der Waals surface area contributed by atoms with Crippen molar-refractivity contribution in [3.63, 3.8) is 0 Å². The molecule has 3 N–H and O–H groups in total. The largest absolute Gasteiger partial charge is 0.459 e. The van der Waals surface area contributed by atoms with Crippen molar-refractivity contribution >= 4 is 34.7 Å². The number of rotatable bonds is 11. The van der Waals surface area contributed by atoms with E-state index >= 15 is 0 Å². The van der Waals surface area contributed by atoms with Gasteiger partial charge in [0.25, 0.3) is 11.5 Å². The maximum Gasteiger partial charge on any atom is 0.342 e. The average molecular weight is 562 g/mol. The Hall–Kier alpha value is -4.54. The third-order valence-corrected chi connectivity index (χ3v) is 7.14. The molecule has 0 saturated carbocycles. The van der Waals surface area contributed by atoms with Crippen LogP contribution in [0.1, 0.15) is 62.4 Å². The van der Waals surface area contributed by atoms with Crippen molar-refractivity contribution < 1.29 is 23.9 Å². The molecule has 4 rings (SSSR count). The number of nitrogens with zero attached hydrogens (tertiary/aromatic N) is 2. The van der Waals surface area contributed by atoms with Crippen molar-refractivity contribution in [3.8, 4) is 0 Å². The summed E-state index contributed by atoms with van der Waals surface area (Å²) < 4.78 is 6.57. The summed E-state index contributed by atoms with van der Waals surface area (Å²) in [4.78, 5) is 69.6. The molecule has 2 heterocycles. The van der Waals surface area contributed by atoms with E-state index in [4.69, 9.17) is 4.74 Å². The Kier molecular flexibility index (Phi) is 9.49. The SMILES string of the molecule is CCCCCCNC(=O)NCc1ccc2nc(C)n([C@]3(C(=O)OCc4ccccc4)CCC(=O)NC3=O)c(=O)c2c1. The second-order valence-corrected chi connectivity index (χ2v) is 10.1. The van der Waals surface area contributed by atoms with Crippen LogP contribution < -0.4 is 21.5 Å². The quantitative estimate of drug-likeness (QED) is 0.141. The number of imide groups is 1. The van der Waals surface area contributed by atoms with Crippen LogP contribution in [0, 0.1) is 6.92 Å². The van der Waals surface area contributed by atoms with Gasteiger partial charge in [0.15, 0.2) is 0 Å². The zero-order valence-electron chi connectivity index (χ0n) is 23.3. The highest BCUT2D eigenvalue weighted by molar-refractivity contribution is 6.13. The van der Waals surface area contributed by atoms with Crippen LogP contribution in [-0.4, -0.2) is 39.9 Å². The van der Waals surface area contributed by atoms with Gasteiger partial charge in [0, 0.05) is 19.5 Å². The summed E-state index contributed by atoms with van der Waals surface area (Å²) in [5, 5.41) is 7.96. The minimum atomic E-state index is -2.11. The fraction of sp³-hybridized carbons (Fsp3) is 0.400. The number of benzene rings is 2. The molecule has 1 saturated heterocycles. The number of urea groups is 1. The first-order valence-corrected chi connectivity index (χ1v) is 13.9. The maximum atomic E-state index is 13.9. The van der Waals surface area contributed by atoms with Gasteiger partial charge in [0.05, 0.1) is 10.9 Å². The van der Waals surface area contributed by atoms with Gasteiger partial charge in [-0.15, -0.1) is 0 Å². The number of hydrogen-bond acceptors (Lipinski definition) is 7. The molecule has 4 amide bonds. The molecule has 11 heteroatoms. The Morgan fingerprint density at radius 3 is 2.54 bits per heavy atom. The molecule has 0 unspecified atom stereocenters. The number of amides is 4. The lowest BCUT2D eigenvalue weighted by atomic mass is 9.87. The number of aromatic nitrogens is 2. The predicted molar refractivity (Wildman–Crippen MR) is 152 cm³/mol. The van der Waals surface area contributed by atoms with Gasteiger partial charge < -0.3 is 15.4 Å². The van der Waals surface area contributed by atoms with E-state index in [1.807, 2.05) is 6.07 Å². The van der Waals surface area contributed by atoms with E-state index in [-0.39, 0.29) is 43.2 Å².